The van der Waals surface area contributed by atoms with E-state index in [1.807, 2.05) is 18.5 Å². The van der Waals surface area contributed by atoms with Gasteiger partial charge < -0.3 is 14.5 Å². The van der Waals surface area contributed by atoms with Gasteiger partial charge in [0.25, 0.3) is 0 Å². The van der Waals surface area contributed by atoms with Crippen molar-refractivity contribution < 1.29 is 9.13 Å². The van der Waals surface area contributed by atoms with Crippen molar-refractivity contribution in [3.05, 3.63) is 47.7 Å². The second-order valence-electron chi connectivity index (χ2n) is 6.95. The summed E-state index contributed by atoms with van der Waals surface area (Å²) in [5.41, 5.74) is 3.53. The van der Waals surface area contributed by atoms with Crippen LogP contribution in [0.4, 0.5) is 16.0 Å². The molecule has 6 nitrogen and oxygen atoms in total. The molecule has 28 heavy (non-hydrogen) atoms. The third kappa shape index (κ3) is 3.22. The van der Waals surface area contributed by atoms with E-state index in [1.165, 1.54) is 17.3 Å². The molecule has 0 atom stereocenters. The van der Waals surface area contributed by atoms with Gasteiger partial charge in [-0.05, 0) is 18.2 Å². The van der Waals surface area contributed by atoms with E-state index in [-0.39, 0.29) is 5.82 Å². The lowest BCUT2D eigenvalue weighted by Gasteiger charge is -2.30. The van der Waals surface area contributed by atoms with Gasteiger partial charge in [-0.3, -0.25) is 3.97 Å². The normalized spacial score (nSPS) is 17.2. The molecule has 3 aromatic rings. The highest BCUT2D eigenvalue weighted by Gasteiger charge is 2.25. The van der Waals surface area contributed by atoms with Gasteiger partial charge in [0.2, 0.25) is 0 Å². The van der Waals surface area contributed by atoms with E-state index in [1.54, 1.807) is 15.2 Å². The van der Waals surface area contributed by atoms with Crippen molar-refractivity contribution in [3.8, 4) is 0 Å². The zero-order valence-corrected chi connectivity index (χ0v) is 18.1. The molecule has 1 saturated heterocycles. The quantitative estimate of drug-likeness (QED) is 0.499. The van der Waals surface area contributed by atoms with Gasteiger partial charge in [-0.1, -0.05) is 0 Å². The van der Waals surface area contributed by atoms with Crippen molar-refractivity contribution in [2.75, 3.05) is 42.6 Å². The molecule has 9 heteroatoms. The lowest BCUT2D eigenvalue weighted by molar-refractivity contribution is 0.122. The molecule has 0 unspecified atom stereocenters. The summed E-state index contributed by atoms with van der Waals surface area (Å²) in [5.74, 6) is 1.56. The second kappa shape index (κ2) is 7.68. The van der Waals surface area contributed by atoms with Crippen LogP contribution < -0.4 is 9.80 Å². The number of aromatic nitrogens is 3. The second-order valence-corrected chi connectivity index (χ2v) is 8.64. The molecule has 0 radical (unpaired) electrons. The molecular formula is C19H19FIN5OS. The Bertz CT molecular complexity index is 1010. The number of anilines is 2. The Morgan fingerprint density at radius 3 is 2.50 bits per heavy atom. The highest BCUT2D eigenvalue weighted by Crippen LogP contribution is 2.37. The molecule has 146 valence electrons. The smallest absolute Gasteiger partial charge is 0.147 e. The van der Waals surface area contributed by atoms with Crippen molar-refractivity contribution in [3.63, 3.8) is 0 Å². The lowest BCUT2D eigenvalue weighted by atomic mass is 10.0. The average molecular weight is 511 g/mol. The summed E-state index contributed by atoms with van der Waals surface area (Å²) >= 11 is 2.29. The minimum absolute atomic E-state index is 0.197. The summed E-state index contributed by atoms with van der Waals surface area (Å²) < 4.78 is 21.5. The molecule has 4 heterocycles. The first-order valence-electron chi connectivity index (χ1n) is 9.25. The van der Waals surface area contributed by atoms with E-state index in [0.29, 0.717) is 6.54 Å². The summed E-state index contributed by atoms with van der Waals surface area (Å²) in [6, 6.07) is 5.05. The largest absolute Gasteiger partial charge is 0.378 e. The van der Waals surface area contributed by atoms with Crippen LogP contribution in [-0.2, 0) is 17.7 Å². The van der Waals surface area contributed by atoms with Gasteiger partial charge in [-0.2, -0.15) is 0 Å². The van der Waals surface area contributed by atoms with Crippen LogP contribution >= 0.6 is 30.3 Å². The van der Waals surface area contributed by atoms with Crippen LogP contribution in [0.15, 0.2) is 30.6 Å². The highest BCUT2D eigenvalue weighted by molar-refractivity contribution is 14.2. The summed E-state index contributed by atoms with van der Waals surface area (Å²) in [5, 5.41) is 0.988. The molecule has 0 N–H and O–H groups in total. The number of hydrogen-bond acceptors (Lipinski definition) is 6. The Labute approximate surface area is 178 Å². The maximum absolute atomic E-state index is 13.9. The molecule has 0 aliphatic carbocycles. The van der Waals surface area contributed by atoms with Gasteiger partial charge in [0.15, 0.2) is 0 Å². The first-order chi connectivity index (χ1) is 13.7. The Balaban J connectivity index is 1.44. The third-order valence-corrected chi connectivity index (χ3v) is 7.15. The lowest BCUT2D eigenvalue weighted by Crippen LogP contribution is -2.37. The Kier molecular flexibility index (Phi) is 5.06. The van der Waals surface area contributed by atoms with Gasteiger partial charge in [-0.15, -0.1) is 0 Å². The maximum Gasteiger partial charge on any atom is 0.147 e. The van der Waals surface area contributed by atoms with Gasteiger partial charge >= 0.3 is 0 Å². The third-order valence-electron chi connectivity index (χ3n) is 5.42. The summed E-state index contributed by atoms with van der Waals surface area (Å²) in [4.78, 5) is 13.7. The number of ether oxygens (including phenoxy) is 1. The summed E-state index contributed by atoms with van der Waals surface area (Å²) in [6.45, 7) is 4.74. The Morgan fingerprint density at radius 1 is 1.04 bits per heavy atom. The first kappa shape index (κ1) is 18.4. The van der Waals surface area contributed by atoms with Crippen molar-refractivity contribution >= 4 is 52.9 Å². The number of nitrogens with zero attached hydrogens (tertiary/aromatic N) is 5. The Morgan fingerprint density at radius 2 is 1.79 bits per heavy atom. The van der Waals surface area contributed by atoms with Crippen molar-refractivity contribution in [1.29, 1.82) is 0 Å². The number of hydrogen-bond donors (Lipinski definition) is 0. The molecule has 2 aliphatic rings. The van der Waals surface area contributed by atoms with Gasteiger partial charge in [0.05, 0.1) is 31.1 Å². The zero-order valence-electron chi connectivity index (χ0n) is 15.1. The van der Waals surface area contributed by atoms with Crippen LogP contribution in [0.25, 0.3) is 10.9 Å². The van der Waals surface area contributed by atoms with E-state index in [0.717, 1.165) is 61.8 Å². The van der Waals surface area contributed by atoms with Gasteiger partial charge in [-0.25, -0.2) is 14.4 Å². The topological polar surface area (TPSA) is 46.4 Å². The number of rotatable bonds is 3. The SMILES string of the molecule is Fc1ccc2c(c1)c1c(n2SI)CCN(c2cnc(N3CCOCC3)cn2)C1. The van der Waals surface area contributed by atoms with Crippen molar-refractivity contribution in [2.45, 2.75) is 13.0 Å². The van der Waals surface area contributed by atoms with Crippen LogP contribution in [0.5, 0.6) is 0 Å². The van der Waals surface area contributed by atoms with Crippen molar-refractivity contribution in [2.24, 2.45) is 0 Å². The monoisotopic (exact) mass is 511 g/mol. The molecule has 0 bridgehead atoms. The average Bonchev–Trinajstić information content (AvgIpc) is 3.06. The fourth-order valence-corrected chi connectivity index (χ4v) is 5.87. The minimum Gasteiger partial charge on any atom is -0.378 e. The predicted octanol–water partition coefficient (Wildman–Crippen LogP) is 3.82. The van der Waals surface area contributed by atoms with Crippen LogP contribution in [0.1, 0.15) is 11.3 Å². The number of halogens is 2. The van der Waals surface area contributed by atoms with E-state index in [4.69, 9.17) is 4.74 Å². The molecule has 2 aliphatic heterocycles. The standard InChI is InChI=1S/C19H19FIN5OS/c20-13-1-2-16-14(9-13)15-12-25(4-3-17(15)26(16)28-21)19-11-22-18(10-23-19)24-5-7-27-8-6-24/h1-2,9-11H,3-8,12H2. The molecule has 0 spiro atoms. The van der Waals surface area contributed by atoms with Crippen LogP contribution in [0.2, 0.25) is 0 Å². The molecule has 0 saturated carbocycles. The van der Waals surface area contributed by atoms with E-state index < -0.39 is 0 Å². The number of fused-ring (bicyclic) bond motifs is 3. The molecule has 5 rings (SSSR count). The van der Waals surface area contributed by atoms with Gasteiger partial charge in [0, 0.05) is 79.6 Å². The molecule has 2 aromatic heterocycles. The Hall–Kier alpha value is -1.59. The predicted molar refractivity (Wildman–Crippen MR) is 119 cm³/mol. The fraction of sp³-hybridized carbons (Fsp3) is 0.368. The molecule has 0 amide bonds. The van der Waals surface area contributed by atoms with Crippen LogP contribution in [0, 0.1) is 5.82 Å². The molecule has 1 fully saturated rings. The fourth-order valence-electron chi connectivity index (χ4n) is 4.00. The zero-order chi connectivity index (χ0) is 19.1. The minimum atomic E-state index is -0.197. The summed E-state index contributed by atoms with van der Waals surface area (Å²) in [6.07, 6.45) is 4.59. The van der Waals surface area contributed by atoms with E-state index in [2.05, 4.69) is 44.9 Å². The molecule has 1 aromatic carbocycles. The highest BCUT2D eigenvalue weighted by atomic mass is 127. The van der Waals surface area contributed by atoms with E-state index in [9.17, 15) is 4.39 Å². The van der Waals surface area contributed by atoms with Gasteiger partial charge in [0.1, 0.15) is 17.5 Å². The number of benzene rings is 1. The maximum atomic E-state index is 13.9. The van der Waals surface area contributed by atoms with E-state index >= 15 is 0 Å². The molecular weight excluding hydrogens is 492 g/mol. The van der Waals surface area contributed by atoms with Crippen molar-refractivity contribution in [1.82, 2.24) is 13.9 Å². The van der Waals surface area contributed by atoms with Crippen LogP contribution in [-0.4, -0.2) is 46.8 Å². The summed E-state index contributed by atoms with van der Waals surface area (Å²) in [7, 11) is 1.64. The number of morpholine rings is 1. The first-order valence-corrected chi connectivity index (χ1v) is 12.6. The van der Waals surface area contributed by atoms with Crippen LogP contribution in [0.3, 0.4) is 0 Å².